The minimum absolute atomic E-state index is 0.236. The Morgan fingerprint density at radius 1 is 1.10 bits per heavy atom. The highest BCUT2D eigenvalue weighted by Gasteiger charge is 2.14. The molecule has 1 N–H and O–H groups in total. The van der Waals surface area contributed by atoms with E-state index in [9.17, 15) is 4.79 Å². The molecule has 156 valence electrons. The Morgan fingerprint density at radius 2 is 1.97 bits per heavy atom. The lowest BCUT2D eigenvalue weighted by molar-refractivity contribution is 0.153. The van der Waals surface area contributed by atoms with Crippen molar-refractivity contribution in [2.75, 3.05) is 25.6 Å². The zero-order chi connectivity index (χ0) is 21.3. The van der Waals surface area contributed by atoms with Crippen molar-refractivity contribution in [1.29, 1.82) is 0 Å². The molecular weight excluding hydrogens is 380 g/mol. The Bertz CT molecular complexity index is 962. The van der Waals surface area contributed by atoms with Crippen LogP contribution in [0, 0.1) is 13.8 Å². The molecule has 0 aliphatic rings. The van der Waals surface area contributed by atoms with Crippen LogP contribution in [0.1, 0.15) is 16.7 Å². The number of methoxy groups -OCH3 is 1. The van der Waals surface area contributed by atoms with Gasteiger partial charge in [-0.25, -0.2) is 9.78 Å². The number of nitrogens with one attached hydrogen (secondary N) is 1. The topological polar surface area (TPSA) is 76.6 Å². The lowest BCUT2D eigenvalue weighted by Crippen LogP contribution is -2.36. The third-order valence-electron chi connectivity index (χ3n) is 4.64. The van der Waals surface area contributed by atoms with Gasteiger partial charge in [-0.05, 0) is 54.8 Å². The van der Waals surface area contributed by atoms with Crippen LogP contribution in [0.4, 0.5) is 10.5 Å². The maximum absolute atomic E-state index is 12.7. The van der Waals surface area contributed by atoms with Gasteiger partial charge in [-0.2, -0.15) is 0 Å². The molecule has 7 nitrogen and oxygen atoms in total. The molecule has 0 aliphatic heterocycles. The molecule has 7 heteroatoms. The van der Waals surface area contributed by atoms with Crippen LogP contribution in [0.3, 0.4) is 0 Å². The quantitative estimate of drug-likeness (QED) is 0.593. The molecule has 0 aliphatic carbocycles. The van der Waals surface area contributed by atoms with Gasteiger partial charge in [0.25, 0.3) is 0 Å². The predicted octanol–water partition coefficient (Wildman–Crippen LogP) is 4.57. The average molecular weight is 406 g/mol. The van der Waals surface area contributed by atoms with Crippen LogP contribution in [0.15, 0.2) is 61.1 Å². The summed E-state index contributed by atoms with van der Waals surface area (Å²) in [4.78, 5) is 22.8. The number of aryl methyl sites for hydroxylation is 2. The van der Waals surface area contributed by atoms with Crippen molar-refractivity contribution in [2.24, 2.45) is 0 Å². The van der Waals surface area contributed by atoms with Crippen molar-refractivity contribution in [3.63, 3.8) is 0 Å². The fraction of sp³-hybridized carbons (Fsp3) is 0.261. The van der Waals surface area contributed by atoms with E-state index in [-0.39, 0.29) is 6.03 Å². The van der Waals surface area contributed by atoms with Crippen molar-refractivity contribution in [3.05, 3.63) is 77.7 Å². The van der Waals surface area contributed by atoms with Gasteiger partial charge in [-0.3, -0.25) is 4.98 Å². The van der Waals surface area contributed by atoms with Gasteiger partial charge in [0.05, 0.1) is 18.5 Å². The zero-order valence-corrected chi connectivity index (χ0v) is 17.5. The number of aromatic nitrogens is 2. The van der Waals surface area contributed by atoms with Crippen LogP contribution < -0.4 is 10.1 Å². The maximum atomic E-state index is 12.7. The summed E-state index contributed by atoms with van der Waals surface area (Å²) in [5, 5.41) is 2.87. The maximum Gasteiger partial charge on any atom is 0.322 e. The van der Waals surface area contributed by atoms with Crippen molar-refractivity contribution in [3.8, 4) is 11.6 Å². The molecule has 0 radical (unpaired) electrons. The molecule has 0 saturated heterocycles. The standard InChI is InChI=1S/C23H26N4O3/c1-17-6-8-21(13-18(17)2)30-22-9-7-20(15-25-22)26-23(28)27(11-12-29-3)16-19-5-4-10-24-14-19/h4-10,13-15H,11-12,16H2,1-3H3,(H,26,28). The highest BCUT2D eigenvalue weighted by molar-refractivity contribution is 5.89. The number of benzene rings is 1. The van der Waals surface area contributed by atoms with E-state index in [0.717, 1.165) is 16.9 Å². The number of carbonyl (C=O) groups excluding carboxylic acids is 1. The van der Waals surface area contributed by atoms with Crippen LogP contribution in [0.5, 0.6) is 11.6 Å². The number of hydrogen-bond donors (Lipinski definition) is 1. The van der Waals surface area contributed by atoms with Gasteiger partial charge >= 0.3 is 6.03 Å². The van der Waals surface area contributed by atoms with E-state index in [0.29, 0.717) is 31.3 Å². The first-order valence-corrected chi connectivity index (χ1v) is 9.70. The Balaban J connectivity index is 1.63. The minimum Gasteiger partial charge on any atom is -0.439 e. The molecule has 0 unspecified atom stereocenters. The molecule has 0 bridgehead atoms. The van der Waals surface area contributed by atoms with E-state index in [2.05, 4.69) is 22.2 Å². The molecule has 0 spiro atoms. The fourth-order valence-corrected chi connectivity index (χ4v) is 2.78. The third-order valence-corrected chi connectivity index (χ3v) is 4.64. The number of urea groups is 1. The number of amides is 2. The summed E-state index contributed by atoms with van der Waals surface area (Å²) in [5.41, 5.74) is 3.89. The van der Waals surface area contributed by atoms with E-state index < -0.39 is 0 Å². The first kappa shape index (κ1) is 21.3. The van der Waals surface area contributed by atoms with Gasteiger partial charge in [0, 0.05) is 38.7 Å². The highest BCUT2D eigenvalue weighted by atomic mass is 16.5. The number of nitrogens with zero attached hydrogens (tertiary/aromatic N) is 3. The number of hydrogen-bond acceptors (Lipinski definition) is 5. The van der Waals surface area contributed by atoms with Crippen LogP contribution in [0.25, 0.3) is 0 Å². The van der Waals surface area contributed by atoms with E-state index in [1.54, 1.807) is 42.7 Å². The number of rotatable bonds is 8. The van der Waals surface area contributed by atoms with Crippen LogP contribution in [-0.2, 0) is 11.3 Å². The summed E-state index contributed by atoms with van der Waals surface area (Å²) >= 11 is 0. The summed E-state index contributed by atoms with van der Waals surface area (Å²) in [6, 6.07) is 12.9. The van der Waals surface area contributed by atoms with Gasteiger partial charge in [-0.1, -0.05) is 12.1 Å². The molecule has 1 aromatic carbocycles. The molecule has 3 rings (SSSR count). The van der Waals surface area contributed by atoms with E-state index in [4.69, 9.17) is 9.47 Å². The second-order valence-electron chi connectivity index (χ2n) is 6.94. The Hall–Kier alpha value is -3.45. The lowest BCUT2D eigenvalue weighted by atomic mass is 10.1. The SMILES string of the molecule is COCCN(Cc1cccnc1)C(=O)Nc1ccc(Oc2ccc(C)c(C)c2)nc1. The molecule has 0 fully saturated rings. The molecule has 3 aromatic rings. The highest BCUT2D eigenvalue weighted by Crippen LogP contribution is 2.23. The first-order valence-electron chi connectivity index (χ1n) is 9.70. The molecule has 2 amide bonds. The van der Waals surface area contributed by atoms with Crippen molar-refractivity contribution >= 4 is 11.7 Å². The predicted molar refractivity (Wildman–Crippen MR) is 116 cm³/mol. The monoisotopic (exact) mass is 406 g/mol. The summed E-state index contributed by atoms with van der Waals surface area (Å²) in [7, 11) is 1.61. The van der Waals surface area contributed by atoms with Crippen molar-refractivity contribution in [1.82, 2.24) is 14.9 Å². The average Bonchev–Trinajstić information content (AvgIpc) is 2.76. The van der Waals surface area contributed by atoms with Gasteiger partial charge in [0.15, 0.2) is 0 Å². The van der Waals surface area contributed by atoms with E-state index >= 15 is 0 Å². The molecular formula is C23H26N4O3. The summed E-state index contributed by atoms with van der Waals surface area (Å²) < 4.78 is 10.9. The van der Waals surface area contributed by atoms with Crippen molar-refractivity contribution < 1.29 is 14.3 Å². The Labute approximate surface area is 176 Å². The number of pyridine rings is 2. The Kier molecular flexibility index (Phi) is 7.34. The number of ether oxygens (including phenoxy) is 2. The van der Waals surface area contributed by atoms with E-state index in [1.807, 2.05) is 37.3 Å². The summed E-state index contributed by atoms with van der Waals surface area (Å²) in [6.45, 7) is 5.42. The third kappa shape index (κ3) is 6.02. The minimum atomic E-state index is -0.236. The van der Waals surface area contributed by atoms with Crippen molar-refractivity contribution in [2.45, 2.75) is 20.4 Å². The summed E-state index contributed by atoms with van der Waals surface area (Å²) in [5.74, 6) is 1.19. The molecule has 0 saturated carbocycles. The molecule has 2 heterocycles. The largest absolute Gasteiger partial charge is 0.439 e. The van der Waals surface area contributed by atoms with Crippen LogP contribution in [0.2, 0.25) is 0 Å². The number of carbonyl (C=O) groups is 1. The second kappa shape index (κ2) is 10.4. The number of anilines is 1. The molecule has 30 heavy (non-hydrogen) atoms. The zero-order valence-electron chi connectivity index (χ0n) is 17.5. The lowest BCUT2D eigenvalue weighted by Gasteiger charge is -2.22. The Morgan fingerprint density at radius 3 is 2.63 bits per heavy atom. The van der Waals surface area contributed by atoms with E-state index in [1.165, 1.54) is 5.56 Å². The fourth-order valence-electron chi connectivity index (χ4n) is 2.78. The first-order chi connectivity index (χ1) is 14.5. The van der Waals surface area contributed by atoms with Gasteiger partial charge < -0.3 is 19.7 Å². The van der Waals surface area contributed by atoms with Gasteiger partial charge in [0.1, 0.15) is 5.75 Å². The van der Waals surface area contributed by atoms with Gasteiger partial charge in [-0.15, -0.1) is 0 Å². The summed E-state index contributed by atoms with van der Waals surface area (Å²) in [6.07, 6.45) is 5.02. The van der Waals surface area contributed by atoms with Crippen LogP contribution in [-0.4, -0.2) is 41.2 Å². The normalized spacial score (nSPS) is 10.5. The van der Waals surface area contributed by atoms with Crippen LogP contribution >= 0.6 is 0 Å². The second-order valence-corrected chi connectivity index (χ2v) is 6.94. The smallest absolute Gasteiger partial charge is 0.322 e. The molecule has 2 aromatic heterocycles. The van der Waals surface area contributed by atoms with Gasteiger partial charge in [0.2, 0.25) is 5.88 Å². The molecule has 0 atom stereocenters.